The molecular weight excluding hydrogens is 422 g/mol. The van der Waals surface area contributed by atoms with Crippen LogP contribution in [0.5, 0.6) is 0 Å². The van der Waals surface area contributed by atoms with E-state index >= 15 is 0 Å². The van der Waals surface area contributed by atoms with E-state index in [1.54, 1.807) is 20.8 Å². The second kappa shape index (κ2) is 7.88. The number of amides is 2. The fourth-order valence-electron chi connectivity index (χ4n) is 2.88. The summed E-state index contributed by atoms with van der Waals surface area (Å²) in [5, 5.41) is 4.11. The number of alkyl halides is 3. The van der Waals surface area contributed by atoms with Gasteiger partial charge in [-0.15, -0.1) is 0 Å². The Kier molecular flexibility index (Phi) is 5.75. The van der Waals surface area contributed by atoms with Crippen LogP contribution in [0.25, 0.3) is 0 Å². The molecule has 2 amide bonds. The zero-order valence-electron chi connectivity index (χ0n) is 16.8. The van der Waals surface area contributed by atoms with Crippen molar-refractivity contribution in [3.8, 4) is 0 Å². The van der Waals surface area contributed by atoms with Crippen LogP contribution >= 0.6 is 0 Å². The Balaban J connectivity index is 1.77. The van der Waals surface area contributed by atoms with E-state index in [9.17, 15) is 26.7 Å². The third-order valence-electron chi connectivity index (χ3n) is 4.72. The highest BCUT2D eigenvalue weighted by molar-refractivity contribution is 6.63. The Morgan fingerprint density at radius 1 is 1.06 bits per heavy atom. The minimum absolute atomic E-state index is 0.262. The number of anilines is 2. The molecule has 0 bridgehead atoms. The van der Waals surface area contributed by atoms with Crippen LogP contribution in [-0.4, -0.2) is 18.8 Å². The summed E-state index contributed by atoms with van der Waals surface area (Å²) in [4.78, 5) is 12.1. The molecule has 11 heteroatoms. The van der Waals surface area contributed by atoms with Gasteiger partial charge in [0.05, 0.1) is 22.7 Å². The van der Waals surface area contributed by atoms with E-state index in [4.69, 9.17) is 9.31 Å². The van der Waals surface area contributed by atoms with Crippen molar-refractivity contribution >= 4 is 30.0 Å². The molecule has 164 valence electrons. The zero-order valence-corrected chi connectivity index (χ0v) is 16.8. The van der Waals surface area contributed by atoms with Crippen LogP contribution in [0.1, 0.15) is 25.0 Å². The molecule has 2 aromatic rings. The molecule has 0 radical (unpaired) electrons. The highest BCUT2D eigenvalue weighted by Gasteiger charge is 2.43. The molecule has 2 aromatic carbocycles. The highest BCUT2D eigenvalue weighted by atomic mass is 19.4. The predicted octanol–water partition coefficient (Wildman–Crippen LogP) is 4.97. The average molecular weight is 440 g/mol. The van der Waals surface area contributed by atoms with Crippen molar-refractivity contribution in [1.82, 2.24) is 0 Å². The lowest BCUT2D eigenvalue weighted by Gasteiger charge is -2.16. The van der Waals surface area contributed by atoms with Gasteiger partial charge in [-0.05, 0) is 56.7 Å². The van der Waals surface area contributed by atoms with E-state index in [0.717, 1.165) is 6.07 Å². The quantitative estimate of drug-likeness (QED) is 0.524. The highest BCUT2D eigenvalue weighted by Crippen LogP contribution is 2.32. The summed E-state index contributed by atoms with van der Waals surface area (Å²) in [6.45, 7) is 8.87. The number of nitrogens with one attached hydrogen (secondary N) is 2. The van der Waals surface area contributed by atoms with Crippen LogP contribution in [0.3, 0.4) is 0 Å². The van der Waals surface area contributed by atoms with Crippen LogP contribution in [0.15, 0.2) is 42.7 Å². The van der Waals surface area contributed by atoms with E-state index < -0.39 is 47.8 Å². The summed E-state index contributed by atoms with van der Waals surface area (Å²) in [7, 11) is -0.890. The lowest BCUT2D eigenvalue weighted by Crippen LogP contribution is -2.36. The van der Waals surface area contributed by atoms with E-state index in [-0.39, 0.29) is 5.69 Å². The third-order valence-corrected chi connectivity index (χ3v) is 4.72. The Morgan fingerprint density at radius 2 is 1.68 bits per heavy atom. The third kappa shape index (κ3) is 4.82. The Bertz CT molecular complexity index is 1060. The van der Waals surface area contributed by atoms with Gasteiger partial charge in [0, 0.05) is 5.46 Å². The molecule has 1 heterocycles. The van der Waals surface area contributed by atoms with Crippen molar-refractivity contribution in [2.75, 3.05) is 10.6 Å². The maximum absolute atomic E-state index is 14.6. The van der Waals surface area contributed by atoms with Crippen LogP contribution in [0, 0.1) is 18.6 Å². The average Bonchev–Trinajstić information content (AvgIpc) is 2.91. The topological polar surface area (TPSA) is 59.6 Å². The number of halogens is 5. The van der Waals surface area contributed by atoms with Crippen LogP contribution < -0.4 is 16.1 Å². The van der Waals surface area contributed by atoms with Crippen LogP contribution in [-0.2, 0) is 15.5 Å². The van der Waals surface area contributed by atoms with Gasteiger partial charge in [0.15, 0.2) is 0 Å². The van der Waals surface area contributed by atoms with Crippen LogP contribution in [0.2, 0.25) is 0 Å². The van der Waals surface area contributed by atoms with Crippen LogP contribution in [0.4, 0.5) is 38.1 Å². The van der Waals surface area contributed by atoms with Gasteiger partial charge in [0.2, 0.25) is 0 Å². The SMILES string of the molecule is C=C1OB(c2cc(F)c(NC(=O)Nc3cc(C(F)(F)F)ccc3F)cc2C)OC1(C)C. The van der Waals surface area contributed by atoms with Crippen molar-refractivity contribution in [3.05, 3.63) is 65.4 Å². The van der Waals surface area contributed by atoms with Gasteiger partial charge in [-0.2, -0.15) is 13.2 Å². The summed E-state index contributed by atoms with van der Waals surface area (Å²) >= 11 is 0. The number of hydrogen-bond acceptors (Lipinski definition) is 3. The number of aryl methyl sites for hydroxylation is 1. The summed E-state index contributed by atoms with van der Waals surface area (Å²) in [6, 6.07) is 2.86. The first-order valence-corrected chi connectivity index (χ1v) is 9.06. The van der Waals surface area contributed by atoms with Crippen molar-refractivity contribution in [2.24, 2.45) is 0 Å². The monoisotopic (exact) mass is 440 g/mol. The smallest absolute Gasteiger partial charge is 0.534 e. The number of urea groups is 1. The fraction of sp³-hybridized carbons (Fsp3) is 0.250. The summed E-state index contributed by atoms with van der Waals surface area (Å²) in [5.41, 5.74) is -1.98. The first kappa shape index (κ1) is 22.6. The second-order valence-electron chi connectivity index (χ2n) is 7.46. The standard InChI is InChI=1S/C20H18BF5N2O3/c1-10-7-16(15(23)9-13(10)21-30-11(2)19(3,4)31-21)27-18(29)28-17-8-12(20(24,25)26)5-6-14(17)22/h5-9H,2H2,1,3-4H3,(H2,27,28,29). The molecular formula is C20H18BF5N2O3. The summed E-state index contributed by atoms with van der Waals surface area (Å²) in [6.07, 6.45) is -4.72. The molecule has 1 aliphatic rings. The van der Waals surface area contributed by atoms with Gasteiger partial charge in [0.25, 0.3) is 0 Å². The Morgan fingerprint density at radius 3 is 2.23 bits per heavy atom. The van der Waals surface area contributed by atoms with Gasteiger partial charge in [-0.25, -0.2) is 13.6 Å². The minimum Gasteiger partial charge on any atom is -0.534 e. The summed E-state index contributed by atoms with van der Waals surface area (Å²) in [5.74, 6) is -1.54. The van der Waals surface area contributed by atoms with Crippen molar-refractivity contribution < 1.29 is 36.1 Å². The molecule has 2 N–H and O–H groups in total. The van der Waals surface area contributed by atoms with Gasteiger partial charge < -0.3 is 19.9 Å². The van der Waals surface area contributed by atoms with Gasteiger partial charge in [-0.3, -0.25) is 0 Å². The van der Waals surface area contributed by atoms with E-state index in [1.807, 2.05) is 5.32 Å². The molecule has 1 saturated heterocycles. The lowest BCUT2D eigenvalue weighted by atomic mass is 9.76. The maximum atomic E-state index is 14.6. The molecule has 5 nitrogen and oxygen atoms in total. The molecule has 3 rings (SSSR count). The zero-order chi connectivity index (χ0) is 23.1. The minimum atomic E-state index is -4.72. The second-order valence-corrected chi connectivity index (χ2v) is 7.46. The first-order chi connectivity index (χ1) is 14.3. The fourth-order valence-corrected chi connectivity index (χ4v) is 2.88. The van der Waals surface area contributed by atoms with Crippen molar-refractivity contribution in [1.29, 1.82) is 0 Å². The molecule has 1 fully saturated rings. The van der Waals surface area contributed by atoms with Crippen molar-refractivity contribution in [2.45, 2.75) is 32.5 Å². The van der Waals surface area contributed by atoms with Gasteiger partial charge in [0.1, 0.15) is 17.2 Å². The largest absolute Gasteiger partial charge is 0.563 e. The Labute approximate surface area is 175 Å². The molecule has 0 unspecified atom stereocenters. The van der Waals surface area contributed by atoms with Gasteiger partial charge >= 0.3 is 19.3 Å². The first-order valence-electron chi connectivity index (χ1n) is 9.06. The molecule has 0 atom stereocenters. The van der Waals surface area contributed by atoms with Gasteiger partial charge in [-0.1, -0.05) is 6.58 Å². The lowest BCUT2D eigenvalue weighted by molar-refractivity contribution is -0.137. The molecule has 0 saturated carbocycles. The molecule has 0 aliphatic carbocycles. The van der Waals surface area contributed by atoms with E-state index in [2.05, 4.69) is 11.9 Å². The van der Waals surface area contributed by atoms with E-state index in [1.165, 1.54) is 6.07 Å². The normalized spacial score (nSPS) is 15.6. The Hall–Kier alpha value is -3.08. The number of carbonyl (C=O) groups is 1. The van der Waals surface area contributed by atoms with E-state index in [0.29, 0.717) is 35.0 Å². The molecule has 0 spiro atoms. The molecule has 0 aromatic heterocycles. The number of carbonyl (C=O) groups excluding carboxylic acids is 1. The number of hydrogen-bond donors (Lipinski definition) is 2. The maximum Gasteiger partial charge on any atom is 0.563 e. The number of rotatable bonds is 3. The molecule has 31 heavy (non-hydrogen) atoms. The predicted molar refractivity (Wildman–Crippen MR) is 106 cm³/mol. The summed E-state index contributed by atoms with van der Waals surface area (Å²) < 4.78 is 78.0. The van der Waals surface area contributed by atoms with Crippen molar-refractivity contribution in [3.63, 3.8) is 0 Å². The number of benzene rings is 2. The molecule has 1 aliphatic heterocycles.